The van der Waals surface area contributed by atoms with Crippen LogP contribution < -0.4 is 5.43 Å². The Balaban J connectivity index is 2.25. The summed E-state index contributed by atoms with van der Waals surface area (Å²) in [5, 5.41) is 0. The molecule has 0 bridgehead atoms. The van der Waals surface area contributed by atoms with Crippen LogP contribution in [0.15, 0.2) is 35.4 Å². The van der Waals surface area contributed by atoms with Crippen molar-refractivity contribution >= 4 is 17.2 Å². The predicted octanol–water partition coefficient (Wildman–Crippen LogP) is 2.58. The van der Waals surface area contributed by atoms with E-state index in [0.29, 0.717) is 0 Å². The number of aryl methyl sites for hydroxylation is 1. The van der Waals surface area contributed by atoms with Crippen LogP contribution in [0.3, 0.4) is 0 Å². The third-order valence-corrected chi connectivity index (χ3v) is 4.30. The Kier molecular flexibility index (Phi) is 3.85. The van der Waals surface area contributed by atoms with Crippen molar-refractivity contribution in [2.75, 3.05) is 7.05 Å². The number of thiophene rings is 1. The second-order valence-corrected chi connectivity index (χ2v) is 5.78. The average molecular weight is 276 g/mol. The fraction of sp³-hybridized carbons (Fsp3) is 0.286. The van der Waals surface area contributed by atoms with Crippen molar-refractivity contribution in [3.63, 3.8) is 0 Å². The van der Waals surface area contributed by atoms with Crippen LogP contribution in [0, 0.1) is 6.92 Å². The summed E-state index contributed by atoms with van der Waals surface area (Å²) in [4.78, 5) is 30.6. The maximum absolute atomic E-state index is 12.3. The number of nitrogens with one attached hydrogen (secondary N) is 1. The standard InChI is InChI=1S/C14H16N2O2S/c1-9-4-5-13(19-9)10(2)16(3)14(18)11-8-15-7-6-12(11)17/h4-8,10H,1-3H3,(H,15,17). The zero-order valence-corrected chi connectivity index (χ0v) is 12.0. The van der Waals surface area contributed by atoms with Crippen LogP contribution in [0.1, 0.15) is 33.1 Å². The molecule has 0 radical (unpaired) electrons. The zero-order chi connectivity index (χ0) is 14.0. The van der Waals surface area contributed by atoms with Crippen molar-refractivity contribution in [2.45, 2.75) is 19.9 Å². The summed E-state index contributed by atoms with van der Waals surface area (Å²) < 4.78 is 0. The maximum atomic E-state index is 12.3. The molecular weight excluding hydrogens is 260 g/mol. The fourth-order valence-corrected chi connectivity index (χ4v) is 2.79. The lowest BCUT2D eigenvalue weighted by molar-refractivity contribution is 0.0743. The topological polar surface area (TPSA) is 53.2 Å². The molecule has 5 heteroatoms. The minimum absolute atomic E-state index is 0.0502. The lowest BCUT2D eigenvalue weighted by atomic mass is 10.2. The van der Waals surface area contributed by atoms with Gasteiger partial charge in [0.05, 0.1) is 6.04 Å². The van der Waals surface area contributed by atoms with Crippen molar-refractivity contribution < 1.29 is 4.79 Å². The molecule has 0 fully saturated rings. The normalized spacial score (nSPS) is 12.2. The van der Waals surface area contributed by atoms with E-state index < -0.39 is 0 Å². The van der Waals surface area contributed by atoms with Gasteiger partial charge in [-0.05, 0) is 26.0 Å². The third-order valence-electron chi connectivity index (χ3n) is 3.13. The molecule has 0 aromatic carbocycles. The zero-order valence-electron chi connectivity index (χ0n) is 11.1. The van der Waals surface area contributed by atoms with Crippen LogP contribution in [0.25, 0.3) is 0 Å². The van der Waals surface area contributed by atoms with Gasteiger partial charge in [0.1, 0.15) is 5.56 Å². The monoisotopic (exact) mass is 276 g/mol. The van der Waals surface area contributed by atoms with E-state index in [4.69, 9.17) is 0 Å². The number of H-pyrrole nitrogens is 1. The highest BCUT2D eigenvalue weighted by Gasteiger charge is 2.21. The van der Waals surface area contributed by atoms with Gasteiger partial charge < -0.3 is 9.88 Å². The minimum atomic E-state index is -0.264. The molecule has 19 heavy (non-hydrogen) atoms. The summed E-state index contributed by atoms with van der Waals surface area (Å²) in [6.45, 7) is 3.99. The van der Waals surface area contributed by atoms with E-state index in [0.717, 1.165) is 4.88 Å². The fourth-order valence-electron chi connectivity index (χ4n) is 1.82. The van der Waals surface area contributed by atoms with Crippen molar-refractivity contribution in [1.82, 2.24) is 9.88 Å². The maximum Gasteiger partial charge on any atom is 0.259 e. The Labute approximate surface area is 115 Å². The Morgan fingerprint density at radius 2 is 2.11 bits per heavy atom. The van der Waals surface area contributed by atoms with Gasteiger partial charge in [-0.3, -0.25) is 9.59 Å². The summed E-state index contributed by atoms with van der Waals surface area (Å²) >= 11 is 1.66. The minimum Gasteiger partial charge on any atom is -0.367 e. The number of aromatic amines is 1. The van der Waals surface area contributed by atoms with Crippen molar-refractivity contribution in [1.29, 1.82) is 0 Å². The SMILES string of the molecule is Cc1ccc(C(C)N(C)C(=O)c2c[nH]ccc2=O)s1. The molecule has 1 atom stereocenters. The van der Waals surface area contributed by atoms with Crippen LogP contribution in [0.5, 0.6) is 0 Å². The molecule has 2 rings (SSSR count). The molecule has 2 aromatic rings. The summed E-state index contributed by atoms with van der Waals surface area (Å²) in [6.07, 6.45) is 2.97. The molecule has 0 saturated heterocycles. The van der Waals surface area contributed by atoms with Gasteiger partial charge in [0, 0.05) is 35.3 Å². The van der Waals surface area contributed by atoms with E-state index in [2.05, 4.69) is 4.98 Å². The van der Waals surface area contributed by atoms with Crippen LogP contribution in [-0.2, 0) is 0 Å². The van der Waals surface area contributed by atoms with Crippen LogP contribution in [0.4, 0.5) is 0 Å². The van der Waals surface area contributed by atoms with E-state index in [-0.39, 0.29) is 22.9 Å². The highest BCUT2D eigenvalue weighted by Crippen LogP contribution is 2.26. The number of hydrogen-bond acceptors (Lipinski definition) is 3. The molecule has 0 aliphatic rings. The number of aromatic nitrogens is 1. The number of rotatable bonds is 3. The number of hydrogen-bond donors (Lipinski definition) is 1. The Bertz CT molecular complexity index is 645. The van der Waals surface area contributed by atoms with Crippen LogP contribution >= 0.6 is 11.3 Å². The first-order valence-corrected chi connectivity index (χ1v) is 6.83. The van der Waals surface area contributed by atoms with Gasteiger partial charge in [0.25, 0.3) is 5.91 Å². The first-order valence-electron chi connectivity index (χ1n) is 6.01. The highest BCUT2D eigenvalue weighted by molar-refractivity contribution is 7.12. The quantitative estimate of drug-likeness (QED) is 0.936. The molecule has 1 amide bonds. The van der Waals surface area contributed by atoms with Crippen molar-refractivity contribution in [3.05, 3.63) is 56.1 Å². The van der Waals surface area contributed by atoms with Crippen LogP contribution in [-0.4, -0.2) is 22.8 Å². The highest BCUT2D eigenvalue weighted by atomic mass is 32.1. The number of nitrogens with zero attached hydrogens (tertiary/aromatic N) is 1. The Morgan fingerprint density at radius 3 is 2.68 bits per heavy atom. The van der Waals surface area contributed by atoms with Gasteiger partial charge >= 0.3 is 0 Å². The molecule has 0 spiro atoms. The first-order chi connectivity index (χ1) is 9.00. The lowest BCUT2D eigenvalue weighted by Crippen LogP contribution is -2.32. The van der Waals surface area contributed by atoms with E-state index in [1.54, 1.807) is 23.3 Å². The van der Waals surface area contributed by atoms with Gasteiger partial charge in [0.2, 0.25) is 0 Å². The van der Waals surface area contributed by atoms with E-state index in [9.17, 15) is 9.59 Å². The summed E-state index contributed by atoms with van der Waals surface area (Å²) in [7, 11) is 1.72. The van der Waals surface area contributed by atoms with Gasteiger partial charge in [-0.1, -0.05) is 0 Å². The molecule has 4 nitrogen and oxygen atoms in total. The molecule has 0 aliphatic heterocycles. The van der Waals surface area contributed by atoms with Crippen LogP contribution in [0.2, 0.25) is 0 Å². The number of carbonyl (C=O) groups excluding carboxylic acids is 1. The molecule has 1 unspecified atom stereocenters. The van der Waals surface area contributed by atoms with Gasteiger partial charge in [0.15, 0.2) is 5.43 Å². The lowest BCUT2D eigenvalue weighted by Gasteiger charge is -2.23. The molecule has 1 N–H and O–H groups in total. The second-order valence-electron chi connectivity index (χ2n) is 4.46. The smallest absolute Gasteiger partial charge is 0.259 e. The van der Waals surface area contributed by atoms with Gasteiger partial charge in [-0.2, -0.15) is 0 Å². The van der Waals surface area contributed by atoms with E-state index >= 15 is 0 Å². The molecule has 2 aromatic heterocycles. The van der Waals surface area contributed by atoms with E-state index in [1.807, 2.05) is 26.0 Å². The summed E-state index contributed by atoms with van der Waals surface area (Å²) in [5.41, 5.74) is -0.0877. The first kappa shape index (κ1) is 13.5. The largest absolute Gasteiger partial charge is 0.367 e. The summed E-state index contributed by atoms with van der Waals surface area (Å²) in [5.74, 6) is -0.264. The number of amides is 1. The number of carbonyl (C=O) groups is 1. The van der Waals surface area contributed by atoms with Crippen molar-refractivity contribution in [3.8, 4) is 0 Å². The average Bonchev–Trinajstić information content (AvgIpc) is 2.83. The van der Waals surface area contributed by atoms with E-state index in [1.165, 1.54) is 23.3 Å². The van der Waals surface area contributed by atoms with Crippen molar-refractivity contribution in [2.24, 2.45) is 0 Å². The molecular formula is C14H16N2O2S. The van der Waals surface area contributed by atoms with Gasteiger partial charge in [-0.25, -0.2) is 0 Å². The molecule has 0 aliphatic carbocycles. The Hall–Kier alpha value is -1.88. The second kappa shape index (κ2) is 5.40. The molecule has 0 saturated carbocycles. The van der Waals surface area contributed by atoms with Gasteiger partial charge in [-0.15, -0.1) is 11.3 Å². The Morgan fingerprint density at radius 1 is 1.37 bits per heavy atom. The predicted molar refractivity (Wildman–Crippen MR) is 76.6 cm³/mol. The number of pyridine rings is 1. The summed E-state index contributed by atoms with van der Waals surface area (Å²) in [6, 6.07) is 5.36. The molecule has 2 heterocycles. The molecule has 100 valence electrons. The third kappa shape index (κ3) is 2.76.